The van der Waals surface area contributed by atoms with Crippen molar-refractivity contribution in [3.63, 3.8) is 0 Å². The maximum atomic E-state index is 10.5. The first-order valence-electron chi connectivity index (χ1n) is 4.11. The Morgan fingerprint density at radius 3 is 3.00 bits per heavy atom. The Morgan fingerprint density at radius 1 is 1.77 bits per heavy atom. The topological polar surface area (TPSA) is 55.1 Å². The number of halogens is 1. The molecule has 1 fully saturated rings. The fourth-order valence-electron chi connectivity index (χ4n) is 1.33. The van der Waals surface area contributed by atoms with E-state index in [0.29, 0.717) is 5.92 Å². The van der Waals surface area contributed by atoms with Crippen LogP contribution in [0.1, 0.15) is 24.6 Å². The van der Waals surface area contributed by atoms with Gasteiger partial charge in [0.05, 0.1) is 6.20 Å². The molecule has 1 aliphatic rings. The number of rotatable bonds is 3. The molecule has 0 bridgehead atoms. The molecule has 1 aromatic rings. The second-order valence-electron chi connectivity index (χ2n) is 3.19. The van der Waals surface area contributed by atoms with Crippen molar-refractivity contribution in [2.24, 2.45) is 0 Å². The van der Waals surface area contributed by atoms with E-state index in [1.165, 1.54) is 0 Å². The highest BCUT2D eigenvalue weighted by Crippen LogP contribution is 2.40. The molecule has 13 heavy (non-hydrogen) atoms. The number of hydrogen-bond donors (Lipinski definition) is 1. The van der Waals surface area contributed by atoms with Gasteiger partial charge in [-0.3, -0.25) is 4.79 Å². The summed E-state index contributed by atoms with van der Waals surface area (Å²) in [4.78, 5) is 14.7. The number of imidazole rings is 1. The van der Waals surface area contributed by atoms with Crippen molar-refractivity contribution in [1.29, 1.82) is 0 Å². The van der Waals surface area contributed by atoms with Gasteiger partial charge in [0.25, 0.3) is 0 Å². The lowest BCUT2D eigenvalue weighted by molar-refractivity contribution is -0.137. The van der Waals surface area contributed by atoms with Crippen LogP contribution in [0.5, 0.6) is 0 Å². The van der Waals surface area contributed by atoms with Gasteiger partial charge in [0.1, 0.15) is 17.0 Å². The molecule has 0 amide bonds. The van der Waals surface area contributed by atoms with Gasteiger partial charge in [-0.1, -0.05) is 0 Å². The lowest BCUT2D eigenvalue weighted by atomic mass is 10.4. The van der Waals surface area contributed by atoms with Gasteiger partial charge in [-0.15, -0.1) is 0 Å². The highest BCUT2D eigenvalue weighted by Gasteiger charge is 2.29. The van der Waals surface area contributed by atoms with Crippen LogP contribution in [0.25, 0.3) is 0 Å². The van der Waals surface area contributed by atoms with Crippen molar-refractivity contribution >= 4 is 21.9 Å². The number of aromatic nitrogens is 2. The molecule has 1 aromatic heterocycles. The van der Waals surface area contributed by atoms with Gasteiger partial charge >= 0.3 is 5.97 Å². The van der Waals surface area contributed by atoms with Crippen LogP contribution in [0, 0.1) is 0 Å². The van der Waals surface area contributed by atoms with Gasteiger partial charge in [0.15, 0.2) is 0 Å². The van der Waals surface area contributed by atoms with E-state index in [0.717, 1.165) is 23.3 Å². The van der Waals surface area contributed by atoms with Gasteiger partial charge in [0, 0.05) is 5.92 Å². The summed E-state index contributed by atoms with van der Waals surface area (Å²) < 4.78 is 2.46. The SMILES string of the molecule is O=C(O)Cn1c(Br)cnc1C1CC1. The first-order valence-corrected chi connectivity index (χ1v) is 4.90. The molecule has 5 heteroatoms. The molecule has 0 saturated heterocycles. The van der Waals surface area contributed by atoms with E-state index in [1.54, 1.807) is 10.8 Å². The largest absolute Gasteiger partial charge is 0.480 e. The summed E-state index contributed by atoms with van der Waals surface area (Å²) in [6.45, 7) is -0.00752. The van der Waals surface area contributed by atoms with E-state index in [9.17, 15) is 4.79 Å². The van der Waals surface area contributed by atoms with Gasteiger partial charge < -0.3 is 9.67 Å². The zero-order chi connectivity index (χ0) is 9.42. The van der Waals surface area contributed by atoms with Crippen molar-refractivity contribution in [3.8, 4) is 0 Å². The molecule has 1 heterocycles. The number of nitrogens with zero attached hydrogens (tertiary/aromatic N) is 2. The Morgan fingerprint density at radius 2 is 2.46 bits per heavy atom. The molecule has 1 aliphatic carbocycles. The smallest absolute Gasteiger partial charge is 0.323 e. The molecular formula is C8H9BrN2O2. The summed E-state index contributed by atoms with van der Waals surface area (Å²) in [6.07, 6.45) is 3.92. The Balaban J connectivity index is 2.28. The summed E-state index contributed by atoms with van der Waals surface area (Å²) in [5.41, 5.74) is 0. The summed E-state index contributed by atoms with van der Waals surface area (Å²) in [5, 5.41) is 8.67. The van der Waals surface area contributed by atoms with Crippen LogP contribution in [-0.2, 0) is 11.3 Å². The molecule has 4 nitrogen and oxygen atoms in total. The minimum atomic E-state index is -0.833. The third kappa shape index (κ3) is 1.75. The zero-order valence-corrected chi connectivity index (χ0v) is 8.49. The van der Waals surface area contributed by atoms with Crippen molar-refractivity contribution in [2.75, 3.05) is 0 Å². The van der Waals surface area contributed by atoms with Crippen molar-refractivity contribution in [2.45, 2.75) is 25.3 Å². The predicted octanol–water partition coefficient (Wildman–Crippen LogP) is 1.61. The predicted molar refractivity (Wildman–Crippen MR) is 49.5 cm³/mol. The van der Waals surface area contributed by atoms with E-state index in [1.807, 2.05) is 0 Å². The molecular weight excluding hydrogens is 236 g/mol. The lowest BCUT2D eigenvalue weighted by Crippen LogP contribution is -2.11. The quantitative estimate of drug-likeness (QED) is 0.879. The number of carboxylic acids is 1. The van der Waals surface area contributed by atoms with Gasteiger partial charge in [-0.25, -0.2) is 4.98 Å². The molecule has 0 aliphatic heterocycles. The van der Waals surface area contributed by atoms with Crippen LogP contribution >= 0.6 is 15.9 Å². The third-order valence-corrected chi connectivity index (χ3v) is 2.71. The average molecular weight is 245 g/mol. The first kappa shape index (κ1) is 8.74. The molecule has 0 radical (unpaired) electrons. The number of hydrogen-bond acceptors (Lipinski definition) is 2. The number of carbonyl (C=O) groups is 1. The Hall–Kier alpha value is -0.840. The Kier molecular flexibility index (Phi) is 2.11. The second-order valence-corrected chi connectivity index (χ2v) is 4.01. The zero-order valence-electron chi connectivity index (χ0n) is 6.90. The maximum Gasteiger partial charge on any atom is 0.323 e. The van der Waals surface area contributed by atoms with E-state index >= 15 is 0 Å². The van der Waals surface area contributed by atoms with Crippen molar-refractivity contribution in [3.05, 3.63) is 16.6 Å². The van der Waals surface area contributed by atoms with Crippen LogP contribution in [0.3, 0.4) is 0 Å². The van der Waals surface area contributed by atoms with Crippen LogP contribution < -0.4 is 0 Å². The molecule has 0 aromatic carbocycles. The Labute approximate surface area is 83.7 Å². The third-order valence-electron chi connectivity index (χ3n) is 2.07. The van der Waals surface area contributed by atoms with Crippen LogP contribution in [0.15, 0.2) is 10.8 Å². The van der Waals surface area contributed by atoms with Gasteiger partial charge in [-0.2, -0.15) is 0 Å². The molecule has 0 unspecified atom stereocenters. The van der Waals surface area contributed by atoms with Crippen LogP contribution in [-0.4, -0.2) is 20.6 Å². The monoisotopic (exact) mass is 244 g/mol. The Bertz CT molecular complexity index is 344. The lowest BCUT2D eigenvalue weighted by Gasteiger charge is -2.04. The van der Waals surface area contributed by atoms with Crippen LogP contribution in [0.4, 0.5) is 0 Å². The molecule has 1 saturated carbocycles. The molecule has 2 rings (SSSR count). The molecule has 0 spiro atoms. The summed E-state index contributed by atoms with van der Waals surface area (Å²) in [6, 6.07) is 0. The summed E-state index contributed by atoms with van der Waals surface area (Å²) >= 11 is 3.28. The van der Waals surface area contributed by atoms with Crippen molar-refractivity contribution in [1.82, 2.24) is 9.55 Å². The molecule has 1 N–H and O–H groups in total. The fourth-order valence-corrected chi connectivity index (χ4v) is 1.74. The van der Waals surface area contributed by atoms with E-state index in [4.69, 9.17) is 5.11 Å². The molecule has 70 valence electrons. The minimum absolute atomic E-state index is 0.00752. The summed E-state index contributed by atoms with van der Waals surface area (Å²) in [5.74, 6) is 0.542. The minimum Gasteiger partial charge on any atom is -0.480 e. The summed E-state index contributed by atoms with van der Waals surface area (Å²) in [7, 11) is 0. The fraction of sp³-hybridized carbons (Fsp3) is 0.500. The number of aliphatic carboxylic acids is 1. The highest BCUT2D eigenvalue weighted by molar-refractivity contribution is 9.10. The maximum absolute atomic E-state index is 10.5. The molecule has 0 atom stereocenters. The first-order chi connectivity index (χ1) is 6.18. The van der Waals surface area contributed by atoms with E-state index in [-0.39, 0.29) is 6.54 Å². The van der Waals surface area contributed by atoms with Crippen molar-refractivity contribution < 1.29 is 9.90 Å². The van der Waals surface area contributed by atoms with Gasteiger partial charge in [-0.05, 0) is 28.8 Å². The average Bonchev–Trinajstić information content (AvgIpc) is 2.81. The van der Waals surface area contributed by atoms with E-state index in [2.05, 4.69) is 20.9 Å². The van der Waals surface area contributed by atoms with Gasteiger partial charge in [0.2, 0.25) is 0 Å². The van der Waals surface area contributed by atoms with Crippen LogP contribution in [0.2, 0.25) is 0 Å². The second kappa shape index (κ2) is 3.14. The normalized spacial score (nSPS) is 16.1. The standard InChI is InChI=1S/C8H9BrN2O2/c9-6-3-10-8(5-1-2-5)11(6)4-7(12)13/h3,5H,1-2,4H2,(H,12,13). The van der Waals surface area contributed by atoms with E-state index < -0.39 is 5.97 Å². The highest BCUT2D eigenvalue weighted by atomic mass is 79.9. The number of carboxylic acid groups (broad SMARTS) is 1.